The summed E-state index contributed by atoms with van der Waals surface area (Å²) in [7, 11) is 0. The first-order valence-electron chi connectivity index (χ1n) is 12.2. The van der Waals surface area contributed by atoms with Gasteiger partial charge in [0.1, 0.15) is 6.29 Å². The quantitative estimate of drug-likeness (QED) is 0.0989. The van der Waals surface area contributed by atoms with Crippen LogP contribution in [0, 0.1) is 0 Å². The van der Waals surface area contributed by atoms with Crippen LogP contribution in [-0.4, -0.2) is 49.9 Å². The number of nitrogens with two attached hydrogens (primary N) is 3. The van der Waals surface area contributed by atoms with Crippen LogP contribution in [0.15, 0.2) is 89.9 Å². The van der Waals surface area contributed by atoms with Gasteiger partial charge in [-0.2, -0.15) is 10.2 Å². The number of rotatable bonds is 6. The standard InChI is InChI=1S/C8H9N3.C8H11N3.C8H7NO.C4H10O.H4N2.H2O/c1-2-7(6-9-4-1)8-3-5-10-11-8;9-11-6-2-4-8-3-1-5-10-7-8;10-6-2-4-8-3-1-5-9-7-8;1-4(2,3)5;1-2;/h1-2,4-6,8,11H,3H2;1,3,5-7H,2,4,9H2;1-7H;5H,1-3H3;1-2H2;1H2/b;11-6-;4-2+;;;. The molecular formula is C28H43N9O3. The van der Waals surface area contributed by atoms with Crippen LogP contribution in [0.2, 0.25) is 0 Å². The van der Waals surface area contributed by atoms with E-state index in [9.17, 15) is 4.79 Å². The normalized spacial score (nSPS) is 13.0. The Bertz CT molecular complexity index is 1050. The summed E-state index contributed by atoms with van der Waals surface area (Å²) in [5.74, 6) is 12.9. The number of aliphatic hydroxyl groups is 1. The minimum absolute atomic E-state index is 0. The third kappa shape index (κ3) is 22.8. The monoisotopic (exact) mass is 553 g/mol. The zero-order valence-corrected chi connectivity index (χ0v) is 23.3. The summed E-state index contributed by atoms with van der Waals surface area (Å²) in [4.78, 5) is 21.8. The van der Waals surface area contributed by atoms with E-state index in [2.05, 4.69) is 48.3 Å². The number of aryl methyl sites for hydroxylation is 1. The summed E-state index contributed by atoms with van der Waals surface area (Å²) in [5.41, 5.74) is 5.86. The van der Waals surface area contributed by atoms with Crippen molar-refractivity contribution in [1.82, 2.24) is 20.4 Å². The van der Waals surface area contributed by atoms with Crippen molar-refractivity contribution < 1.29 is 15.4 Å². The minimum Gasteiger partial charge on any atom is -0.412 e. The molecule has 1 aliphatic heterocycles. The summed E-state index contributed by atoms with van der Waals surface area (Å²) in [5, 5.41) is 15.9. The number of aldehydes is 1. The molecule has 12 nitrogen and oxygen atoms in total. The van der Waals surface area contributed by atoms with Crippen LogP contribution in [0.1, 0.15) is 56.3 Å². The summed E-state index contributed by atoms with van der Waals surface area (Å²) < 4.78 is 0. The Kier molecular flexibility index (Phi) is 23.6. The zero-order valence-electron chi connectivity index (χ0n) is 23.3. The molecule has 0 saturated carbocycles. The SMILES string of the molecule is C1=NNC(c2cccnc2)C1.CC(C)(C)O.N/N=C\CCc1cccnc1.NN.O.O=C/C=C/c1cccnc1. The lowest BCUT2D eigenvalue weighted by molar-refractivity contribution is -0.104. The highest BCUT2D eigenvalue weighted by Crippen LogP contribution is 2.16. The maximum atomic E-state index is 9.87. The average Bonchev–Trinajstić information content (AvgIpc) is 3.50. The predicted molar refractivity (Wildman–Crippen MR) is 162 cm³/mol. The van der Waals surface area contributed by atoms with Crippen LogP contribution in [0.25, 0.3) is 6.08 Å². The topological polar surface area (TPSA) is 222 Å². The van der Waals surface area contributed by atoms with Gasteiger partial charge in [0.05, 0.1) is 11.6 Å². The van der Waals surface area contributed by atoms with E-state index in [4.69, 9.17) is 10.9 Å². The smallest absolute Gasteiger partial charge is 0.142 e. The van der Waals surface area contributed by atoms with E-state index in [0.29, 0.717) is 6.04 Å². The Balaban J connectivity index is 0. The van der Waals surface area contributed by atoms with Gasteiger partial charge in [0.2, 0.25) is 0 Å². The van der Waals surface area contributed by atoms with Gasteiger partial charge in [-0.1, -0.05) is 24.3 Å². The molecule has 0 aromatic carbocycles. The lowest BCUT2D eigenvalue weighted by Gasteiger charge is -2.07. The van der Waals surface area contributed by atoms with Crippen molar-refractivity contribution in [3.05, 3.63) is 96.3 Å². The summed E-state index contributed by atoms with van der Waals surface area (Å²) in [6.45, 7) is 5.23. The Morgan fingerprint density at radius 1 is 1.02 bits per heavy atom. The van der Waals surface area contributed by atoms with Crippen molar-refractivity contribution in [1.29, 1.82) is 0 Å². The molecule has 0 amide bonds. The van der Waals surface area contributed by atoms with Gasteiger partial charge in [-0.3, -0.25) is 31.4 Å². The van der Waals surface area contributed by atoms with E-state index < -0.39 is 5.60 Å². The second kappa shape index (κ2) is 24.9. The van der Waals surface area contributed by atoms with Gasteiger partial charge >= 0.3 is 0 Å². The molecule has 3 aromatic rings. The van der Waals surface area contributed by atoms with E-state index >= 15 is 0 Å². The van der Waals surface area contributed by atoms with Crippen molar-refractivity contribution in [3.8, 4) is 0 Å². The Hall–Kier alpha value is -4.36. The van der Waals surface area contributed by atoms with E-state index in [1.165, 1.54) is 17.2 Å². The number of nitrogens with zero attached hydrogens (tertiary/aromatic N) is 5. The number of carbonyl (C=O) groups is 1. The van der Waals surface area contributed by atoms with Crippen LogP contribution in [-0.2, 0) is 11.2 Å². The minimum atomic E-state index is -0.500. The number of hydrazone groups is 2. The van der Waals surface area contributed by atoms with Gasteiger partial charge in [-0.05, 0) is 74.6 Å². The van der Waals surface area contributed by atoms with E-state index in [-0.39, 0.29) is 5.48 Å². The maximum absolute atomic E-state index is 9.87. The Morgan fingerprint density at radius 2 is 1.62 bits per heavy atom. The lowest BCUT2D eigenvalue weighted by atomic mass is 10.1. The zero-order chi connectivity index (χ0) is 29.2. The van der Waals surface area contributed by atoms with Crippen molar-refractivity contribution in [3.63, 3.8) is 0 Å². The fourth-order valence-electron chi connectivity index (χ4n) is 2.62. The number of hydrogen-bond acceptors (Lipinski definition) is 11. The van der Waals surface area contributed by atoms with Crippen molar-refractivity contribution in [2.45, 2.75) is 51.7 Å². The molecule has 4 heterocycles. The van der Waals surface area contributed by atoms with Crippen LogP contribution < -0.4 is 23.0 Å². The van der Waals surface area contributed by atoms with E-state index in [0.717, 1.165) is 31.1 Å². The number of aromatic nitrogens is 3. The Labute approximate surface area is 236 Å². The highest BCUT2D eigenvalue weighted by atomic mass is 16.3. The molecule has 12 heteroatoms. The average molecular weight is 554 g/mol. The summed E-state index contributed by atoms with van der Waals surface area (Å²) in [6.07, 6.45) is 20.9. The van der Waals surface area contributed by atoms with Gasteiger partial charge in [-0.25, -0.2) is 0 Å². The number of carbonyl (C=O) groups excluding carboxylic acids is 1. The van der Waals surface area contributed by atoms with Gasteiger partial charge in [0.25, 0.3) is 0 Å². The lowest BCUT2D eigenvalue weighted by Crippen LogP contribution is -2.10. The van der Waals surface area contributed by atoms with E-state index in [1.54, 1.807) is 57.8 Å². The molecule has 0 bridgehead atoms. The molecule has 1 atom stereocenters. The van der Waals surface area contributed by atoms with Crippen molar-refractivity contribution >= 4 is 24.8 Å². The van der Waals surface area contributed by atoms with Gasteiger partial charge < -0.3 is 21.9 Å². The molecule has 3 aromatic heterocycles. The number of hydrogen-bond donors (Lipinski definition) is 5. The predicted octanol–water partition coefficient (Wildman–Crippen LogP) is 2.13. The maximum Gasteiger partial charge on any atom is 0.142 e. The van der Waals surface area contributed by atoms with E-state index in [1.807, 2.05) is 48.9 Å². The first-order valence-corrected chi connectivity index (χ1v) is 12.2. The molecule has 1 aliphatic rings. The first kappa shape index (κ1) is 37.8. The molecule has 218 valence electrons. The molecular weight excluding hydrogens is 510 g/mol. The number of pyridine rings is 3. The molecule has 0 saturated heterocycles. The van der Waals surface area contributed by atoms with Crippen LogP contribution >= 0.6 is 0 Å². The molecule has 0 radical (unpaired) electrons. The fourth-order valence-corrected chi connectivity index (χ4v) is 2.62. The number of nitrogens with one attached hydrogen (secondary N) is 1. The highest BCUT2D eigenvalue weighted by molar-refractivity contribution is 5.73. The third-order valence-electron chi connectivity index (χ3n) is 4.19. The van der Waals surface area contributed by atoms with Gasteiger partial charge in [0, 0.05) is 56.0 Å². The second-order valence-corrected chi connectivity index (χ2v) is 8.70. The van der Waals surface area contributed by atoms with Crippen molar-refractivity contribution in [2.24, 2.45) is 27.7 Å². The molecule has 0 fully saturated rings. The second-order valence-electron chi connectivity index (χ2n) is 8.70. The van der Waals surface area contributed by atoms with Crippen molar-refractivity contribution in [2.75, 3.05) is 0 Å². The Morgan fingerprint density at radius 3 is 2.08 bits per heavy atom. The van der Waals surface area contributed by atoms with Gasteiger partial charge in [0.15, 0.2) is 0 Å². The number of allylic oxidation sites excluding steroid dienone is 1. The summed E-state index contributed by atoms with van der Waals surface area (Å²) >= 11 is 0. The highest BCUT2D eigenvalue weighted by Gasteiger charge is 2.11. The third-order valence-corrected chi connectivity index (χ3v) is 4.19. The van der Waals surface area contributed by atoms with Crippen LogP contribution in [0.3, 0.4) is 0 Å². The first-order chi connectivity index (χ1) is 18.8. The van der Waals surface area contributed by atoms with Gasteiger partial charge in [-0.15, -0.1) is 0 Å². The molecule has 0 aliphatic carbocycles. The largest absolute Gasteiger partial charge is 0.412 e. The summed E-state index contributed by atoms with van der Waals surface area (Å²) in [6, 6.07) is 12.0. The molecule has 1 unspecified atom stereocenters. The van der Waals surface area contributed by atoms with Crippen LogP contribution in [0.5, 0.6) is 0 Å². The molecule has 40 heavy (non-hydrogen) atoms. The molecule has 10 N–H and O–H groups in total. The fraction of sp³-hybridized carbons (Fsp3) is 0.286. The molecule has 0 spiro atoms. The number of hydrazine groups is 1. The van der Waals surface area contributed by atoms with Crippen LogP contribution in [0.4, 0.5) is 0 Å². The molecule has 4 rings (SSSR count).